The van der Waals surface area contributed by atoms with Gasteiger partial charge in [0.05, 0.1) is 12.4 Å². The third-order valence-electron chi connectivity index (χ3n) is 2.35. The molecule has 0 aromatic carbocycles. The summed E-state index contributed by atoms with van der Waals surface area (Å²) in [5.74, 6) is 1.68. The first-order valence-corrected chi connectivity index (χ1v) is 4.65. The van der Waals surface area contributed by atoms with Crippen LogP contribution in [-0.2, 0) is 0 Å². The van der Waals surface area contributed by atoms with E-state index < -0.39 is 0 Å². The van der Waals surface area contributed by atoms with Gasteiger partial charge in [0.25, 0.3) is 0 Å². The van der Waals surface area contributed by atoms with Crippen LogP contribution >= 0.6 is 0 Å². The van der Waals surface area contributed by atoms with Crippen LogP contribution in [0.4, 0.5) is 11.6 Å². The van der Waals surface area contributed by atoms with Gasteiger partial charge in [-0.2, -0.15) is 0 Å². The van der Waals surface area contributed by atoms with Crippen LogP contribution in [-0.4, -0.2) is 23.1 Å². The summed E-state index contributed by atoms with van der Waals surface area (Å²) in [6.07, 6.45) is 7.32. The molecule has 4 nitrogen and oxygen atoms in total. The summed E-state index contributed by atoms with van der Waals surface area (Å²) in [5, 5.41) is 6.30. The van der Waals surface area contributed by atoms with Crippen molar-refractivity contribution in [3.8, 4) is 0 Å². The Kier molecular flexibility index (Phi) is 2.29. The van der Waals surface area contributed by atoms with Crippen LogP contribution in [0.1, 0.15) is 19.3 Å². The fourth-order valence-corrected chi connectivity index (χ4v) is 1.32. The minimum absolute atomic E-state index is 0.612. The van der Waals surface area contributed by atoms with Crippen LogP contribution in [0.3, 0.4) is 0 Å². The van der Waals surface area contributed by atoms with Gasteiger partial charge in [0, 0.05) is 13.1 Å². The number of rotatable bonds is 3. The average Bonchev–Trinajstić information content (AvgIpc) is 2.12. The highest BCUT2D eigenvalue weighted by Crippen LogP contribution is 2.22. The molecule has 1 aromatic heterocycles. The average molecular weight is 178 g/mol. The van der Waals surface area contributed by atoms with Gasteiger partial charge in [-0.05, 0) is 19.3 Å². The second kappa shape index (κ2) is 3.60. The van der Waals surface area contributed by atoms with Crippen molar-refractivity contribution in [2.45, 2.75) is 25.3 Å². The van der Waals surface area contributed by atoms with Gasteiger partial charge >= 0.3 is 0 Å². The lowest BCUT2D eigenvalue weighted by molar-refractivity contribution is 0.444. The molecule has 0 saturated heterocycles. The smallest absolute Gasteiger partial charge is 0.147 e. The van der Waals surface area contributed by atoms with E-state index in [-0.39, 0.29) is 0 Å². The maximum absolute atomic E-state index is 4.33. The molecule has 1 aromatic rings. The first-order chi connectivity index (χ1) is 6.38. The fourth-order valence-electron chi connectivity index (χ4n) is 1.32. The number of nitrogens with one attached hydrogen (secondary N) is 2. The van der Waals surface area contributed by atoms with Crippen molar-refractivity contribution >= 4 is 11.6 Å². The molecule has 0 amide bonds. The summed E-state index contributed by atoms with van der Waals surface area (Å²) >= 11 is 0. The molecule has 0 unspecified atom stereocenters. The standard InChI is InChI=1S/C9H14N4/c1-10-8-5-11-6-9(13-8)12-7-3-2-4-7/h5-7H,2-4H2,1H3,(H2,10,12,13). The lowest BCUT2D eigenvalue weighted by Gasteiger charge is -2.26. The van der Waals surface area contributed by atoms with Gasteiger partial charge in [-0.25, -0.2) is 4.98 Å². The molecule has 0 aliphatic heterocycles. The number of hydrogen-bond donors (Lipinski definition) is 2. The van der Waals surface area contributed by atoms with E-state index >= 15 is 0 Å². The molecule has 13 heavy (non-hydrogen) atoms. The minimum atomic E-state index is 0.612. The van der Waals surface area contributed by atoms with Crippen molar-refractivity contribution in [2.24, 2.45) is 0 Å². The van der Waals surface area contributed by atoms with E-state index in [1.165, 1.54) is 19.3 Å². The van der Waals surface area contributed by atoms with Gasteiger partial charge in [0.15, 0.2) is 0 Å². The largest absolute Gasteiger partial charge is 0.372 e. The zero-order valence-electron chi connectivity index (χ0n) is 7.75. The molecule has 0 atom stereocenters. The van der Waals surface area contributed by atoms with E-state index in [0.29, 0.717) is 6.04 Å². The van der Waals surface area contributed by atoms with Gasteiger partial charge < -0.3 is 10.6 Å². The Bertz CT molecular complexity index is 283. The highest BCUT2D eigenvalue weighted by Gasteiger charge is 2.17. The third-order valence-corrected chi connectivity index (χ3v) is 2.35. The zero-order valence-corrected chi connectivity index (χ0v) is 7.75. The number of hydrogen-bond acceptors (Lipinski definition) is 4. The van der Waals surface area contributed by atoms with E-state index in [4.69, 9.17) is 0 Å². The van der Waals surface area contributed by atoms with Crippen molar-refractivity contribution in [1.29, 1.82) is 0 Å². The van der Waals surface area contributed by atoms with Crippen LogP contribution in [0.15, 0.2) is 12.4 Å². The highest BCUT2D eigenvalue weighted by molar-refractivity contribution is 5.41. The van der Waals surface area contributed by atoms with Gasteiger partial charge in [-0.15, -0.1) is 0 Å². The van der Waals surface area contributed by atoms with Gasteiger partial charge in [0.2, 0.25) is 0 Å². The second-order valence-electron chi connectivity index (χ2n) is 3.31. The Morgan fingerprint density at radius 2 is 2.08 bits per heavy atom. The van der Waals surface area contributed by atoms with Crippen LogP contribution in [0.25, 0.3) is 0 Å². The molecule has 1 fully saturated rings. The van der Waals surface area contributed by atoms with Crippen LogP contribution in [0, 0.1) is 0 Å². The number of aromatic nitrogens is 2. The van der Waals surface area contributed by atoms with Gasteiger partial charge in [-0.1, -0.05) is 0 Å². The molecular formula is C9H14N4. The molecule has 0 radical (unpaired) electrons. The quantitative estimate of drug-likeness (QED) is 0.736. The van der Waals surface area contributed by atoms with E-state index in [1.807, 2.05) is 7.05 Å². The first kappa shape index (κ1) is 8.29. The topological polar surface area (TPSA) is 49.8 Å². The molecule has 4 heteroatoms. The predicted molar refractivity (Wildman–Crippen MR) is 52.8 cm³/mol. The van der Waals surface area contributed by atoms with Crippen molar-refractivity contribution in [3.63, 3.8) is 0 Å². The van der Waals surface area contributed by atoms with Crippen molar-refractivity contribution in [2.75, 3.05) is 17.7 Å². The summed E-state index contributed by atoms with van der Waals surface area (Å²) in [6.45, 7) is 0. The Morgan fingerprint density at radius 3 is 2.69 bits per heavy atom. The monoisotopic (exact) mass is 178 g/mol. The van der Waals surface area contributed by atoms with E-state index in [9.17, 15) is 0 Å². The Labute approximate surface area is 77.8 Å². The molecule has 1 heterocycles. The van der Waals surface area contributed by atoms with E-state index in [0.717, 1.165) is 11.6 Å². The maximum atomic E-state index is 4.33. The molecule has 0 bridgehead atoms. The summed E-state index contributed by atoms with van der Waals surface area (Å²) in [4.78, 5) is 8.41. The van der Waals surface area contributed by atoms with Crippen molar-refractivity contribution in [3.05, 3.63) is 12.4 Å². The van der Waals surface area contributed by atoms with Crippen LogP contribution in [0.5, 0.6) is 0 Å². The summed E-state index contributed by atoms with van der Waals surface area (Å²) in [5.41, 5.74) is 0. The second-order valence-corrected chi connectivity index (χ2v) is 3.31. The van der Waals surface area contributed by atoms with Crippen LogP contribution < -0.4 is 10.6 Å². The molecular weight excluding hydrogens is 164 g/mol. The van der Waals surface area contributed by atoms with Crippen molar-refractivity contribution in [1.82, 2.24) is 9.97 Å². The normalized spacial score (nSPS) is 16.4. The lowest BCUT2D eigenvalue weighted by Crippen LogP contribution is -2.27. The summed E-state index contributed by atoms with van der Waals surface area (Å²) < 4.78 is 0. The molecule has 1 saturated carbocycles. The highest BCUT2D eigenvalue weighted by atomic mass is 15.1. The van der Waals surface area contributed by atoms with Gasteiger partial charge in [0.1, 0.15) is 11.6 Å². The Morgan fingerprint density at radius 1 is 1.31 bits per heavy atom. The predicted octanol–water partition coefficient (Wildman–Crippen LogP) is 1.48. The van der Waals surface area contributed by atoms with E-state index in [2.05, 4.69) is 20.6 Å². The SMILES string of the molecule is CNc1cncc(NC2CCC2)n1. The van der Waals surface area contributed by atoms with Gasteiger partial charge in [-0.3, -0.25) is 4.98 Å². The molecule has 1 aliphatic carbocycles. The molecule has 2 rings (SSSR count). The van der Waals surface area contributed by atoms with E-state index in [1.54, 1.807) is 12.4 Å². The molecule has 70 valence electrons. The zero-order chi connectivity index (χ0) is 9.10. The van der Waals surface area contributed by atoms with Crippen LogP contribution in [0.2, 0.25) is 0 Å². The Hall–Kier alpha value is -1.32. The minimum Gasteiger partial charge on any atom is -0.372 e. The molecule has 0 spiro atoms. The third kappa shape index (κ3) is 1.88. The molecule has 2 N–H and O–H groups in total. The maximum Gasteiger partial charge on any atom is 0.147 e. The lowest BCUT2D eigenvalue weighted by atomic mass is 9.93. The molecule has 1 aliphatic rings. The number of anilines is 2. The summed E-state index contributed by atoms with van der Waals surface area (Å²) in [6, 6.07) is 0.612. The first-order valence-electron chi connectivity index (χ1n) is 4.65. The fraction of sp³-hybridized carbons (Fsp3) is 0.556. The number of nitrogens with zero attached hydrogens (tertiary/aromatic N) is 2. The van der Waals surface area contributed by atoms with Crippen molar-refractivity contribution < 1.29 is 0 Å². The Balaban J connectivity index is 2.01. The summed E-state index contributed by atoms with van der Waals surface area (Å²) in [7, 11) is 1.84.